The zero-order valence-corrected chi connectivity index (χ0v) is 8.98. The number of fused-ring (bicyclic) bond motifs is 1. The predicted octanol–water partition coefficient (Wildman–Crippen LogP) is 2.75. The summed E-state index contributed by atoms with van der Waals surface area (Å²) in [4.78, 5) is 2.31. The van der Waals surface area contributed by atoms with Gasteiger partial charge in [-0.1, -0.05) is 15.9 Å². The lowest BCUT2D eigenvalue weighted by Crippen LogP contribution is -2.12. The van der Waals surface area contributed by atoms with E-state index < -0.39 is 0 Å². The van der Waals surface area contributed by atoms with E-state index in [1.165, 1.54) is 27.7 Å². The topological polar surface area (TPSA) is 3.24 Å². The molecule has 0 saturated heterocycles. The summed E-state index contributed by atoms with van der Waals surface area (Å²) < 4.78 is 1.23. The Bertz CT molecular complexity index is 320. The van der Waals surface area contributed by atoms with Gasteiger partial charge in [-0.25, -0.2) is 0 Å². The van der Waals surface area contributed by atoms with Gasteiger partial charge in [-0.15, -0.1) is 0 Å². The highest BCUT2D eigenvalue weighted by Crippen LogP contribution is 2.33. The number of likely N-dealkylation sites (N-methyl/N-ethyl adjacent to an activating group) is 1. The Balaban J connectivity index is 2.60. The average Bonchev–Trinajstić information content (AvgIpc) is 2.41. The van der Waals surface area contributed by atoms with Crippen molar-refractivity contribution in [1.82, 2.24) is 0 Å². The third-order valence-electron chi connectivity index (χ3n) is 2.62. The van der Waals surface area contributed by atoms with E-state index in [-0.39, 0.29) is 0 Å². The third-order valence-corrected chi connectivity index (χ3v) is 3.48. The maximum atomic E-state index is 3.55. The Labute approximate surface area is 81.5 Å². The SMILES string of the molecule is Cc1c(Br)ccc2c1CCN2C. The van der Waals surface area contributed by atoms with E-state index in [0.717, 1.165) is 6.54 Å². The summed E-state index contributed by atoms with van der Waals surface area (Å²) in [5.41, 5.74) is 4.31. The van der Waals surface area contributed by atoms with Crippen LogP contribution >= 0.6 is 15.9 Å². The number of nitrogens with zero attached hydrogens (tertiary/aromatic N) is 1. The summed E-state index contributed by atoms with van der Waals surface area (Å²) >= 11 is 3.55. The van der Waals surface area contributed by atoms with Crippen molar-refractivity contribution in [1.29, 1.82) is 0 Å². The number of hydrogen-bond acceptors (Lipinski definition) is 1. The van der Waals surface area contributed by atoms with Crippen LogP contribution in [0.2, 0.25) is 0 Å². The van der Waals surface area contributed by atoms with E-state index in [2.05, 4.69) is 46.9 Å². The molecule has 0 saturated carbocycles. The van der Waals surface area contributed by atoms with Crippen LogP contribution in [0.1, 0.15) is 11.1 Å². The Morgan fingerprint density at radius 1 is 1.42 bits per heavy atom. The summed E-state index contributed by atoms with van der Waals surface area (Å²) in [7, 11) is 2.15. The van der Waals surface area contributed by atoms with E-state index in [9.17, 15) is 0 Å². The van der Waals surface area contributed by atoms with Crippen LogP contribution in [-0.2, 0) is 6.42 Å². The van der Waals surface area contributed by atoms with Gasteiger partial charge in [0, 0.05) is 23.8 Å². The van der Waals surface area contributed by atoms with Crippen LogP contribution in [0.15, 0.2) is 16.6 Å². The molecule has 0 radical (unpaired) electrons. The van der Waals surface area contributed by atoms with Crippen molar-refractivity contribution < 1.29 is 0 Å². The highest BCUT2D eigenvalue weighted by molar-refractivity contribution is 9.10. The fourth-order valence-corrected chi connectivity index (χ4v) is 2.16. The van der Waals surface area contributed by atoms with Crippen molar-refractivity contribution in [2.24, 2.45) is 0 Å². The molecule has 0 amide bonds. The van der Waals surface area contributed by atoms with E-state index in [1.807, 2.05) is 0 Å². The van der Waals surface area contributed by atoms with Crippen molar-refractivity contribution in [3.63, 3.8) is 0 Å². The second-order valence-corrected chi connectivity index (χ2v) is 4.20. The molecule has 64 valence electrons. The first-order valence-electron chi connectivity index (χ1n) is 4.19. The van der Waals surface area contributed by atoms with E-state index >= 15 is 0 Å². The molecule has 0 unspecified atom stereocenters. The molecule has 1 nitrogen and oxygen atoms in total. The van der Waals surface area contributed by atoms with Crippen LogP contribution in [-0.4, -0.2) is 13.6 Å². The quantitative estimate of drug-likeness (QED) is 0.657. The van der Waals surface area contributed by atoms with Crippen LogP contribution in [0.3, 0.4) is 0 Å². The van der Waals surface area contributed by atoms with E-state index in [0.29, 0.717) is 0 Å². The molecular weight excluding hydrogens is 214 g/mol. The minimum atomic E-state index is 1.16. The lowest BCUT2D eigenvalue weighted by Gasteiger charge is -2.12. The summed E-state index contributed by atoms with van der Waals surface area (Å²) in [5.74, 6) is 0. The molecule has 0 aromatic heterocycles. The lowest BCUT2D eigenvalue weighted by atomic mass is 10.1. The van der Waals surface area contributed by atoms with Gasteiger partial charge in [0.2, 0.25) is 0 Å². The number of rotatable bonds is 0. The normalized spacial score (nSPS) is 15.1. The van der Waals surface area contributed by atoms with E-state index in [1.54, 1.807) is 0 Å². The fourth-order valence-electron chi connectivity index (χ4n) is 1.79. The number of halogens is 1. The van der Waals surface area contributed by atoms with Crippen LogP contribution in [0.25, 0.3) is 0 Å². The summed E-state index contributed by atoms with van der Waals surface area (Å²) in [6.07, 6.45) is 1.19. The number of benzene rings is 1. The van der Waals surface area contributed by atoms with E-state index in [4.69, 9.17) is 0 Å². The van der Waals surface area contributed by atoms with Gasteiger partial charge in [0.25, 0.3) is 0 Å². The maximum absolute atomic E-state index is 3.55. The molecule has 1 aromatic carbocycles. The van der Waals surface area contributed by atoms with Crippen molar-refractivity contribution in [3.8, 4) is 0 Å². The number of hydrogen-bond donors (Lipinski definition) is 0. The van der Waals surface area contributed by atoms with Crippen molar-refractivity contribution >= 4 is 21.6 Å². The largest absolute Gasteiger partial charge is 0.374 e. The predicted molar refractivity (Wildman–Crippen MR) is 55.9 cm³/mol. The summed E-state index contributed by atoms with van der Waals surface area (Å²) in [6, 6.07) is 4.33. The molecule has 1 aromatic rings. The standard InChI is InChI=1S/C10H12BrN/c1-7-8-5-6-12(2)10(8)4-3-9(7)11/h3-4H,5-6H2,1-2H3. The first kappa shape index (κ1) is 8.11. The second kappa shape index (κ2) is 2.77. The Morgan fingerprint density at radius 3 is 2.92 bits per heavy atom. The average molecular weight is 226 g/mol. The third kappa shape index (κ3) is 1.06. The molecule has 2 heteroatoms. The van der Waals surface area contributed by atoms with Gasteiger partial charge in [0.05, 0.1) is 0 Å². The van der Waals surface area contributed by atoms with Crippen LogP contribution < -0.4 is 4.90 Å². The smallest absolute Gasteiger partial charge is 0.0400 e. The molecule has 0 bridgehead atoms. The first-order valence-corrected chi connectivity index (χ1v) is 4.98. The van der Waals surface area contributed by atoms with Gasteiger partial charge in [0.1, 0.15) is 0 Å². The van der Waals surface area contributed by atoms with Crippen LogP contribution in [0.4, 0.5) is 5.69 Å². The minimum Gasteiger partial charge on any atom is -0.374 e. The Morgan fingerprint density at radius 2 is 2.17 bits per heavy atom. The van der Waals surface area contributed by atoms with Crippen molar-refractivity contribution in [2.75, 3.05) is 18.5 Å². The molecular formula is C10H12BrN. The van der Waals surface area contributed by atoms with Gasteiger partial charge in [0.15, 0.2) is 0 Å². The van der Waals surface area contributed by atoms with Crippen molar-refractivity contribution in [2.45, 2.75) is 13.3 Å². The highest BCUT2D eigenvalue weighted by atomic mass is 79.9. The highest BCUT2D eigenvalue weighted by Gasteiger charge is 2.17. The molecule has 2 rings (SSSR count). The molecule has 0 atom stereocenters. The maximum Gasteiger partial charge on any atom is 0.0400 e. The zero-order valence-electron chi connectivity index (χ0n) is 7.39. The lowest BCUT2D eigenvalue weighted by molar-refractivity contribution is 0.953. The van der Waals surface area contributed by atoms with Gasteiger partial charge < -0.3 is 4.90 Å². The first-order chi connectivity index (χ1) is 5.70. The Kier molecular flexibility index (Phi) is 1.87. The summed E-state index contributed by atoms with van der Waals surface area (Å²) in [5, 5.41) is 0. The molecule has 12 heavy (non-hydrogen) atoms. The zero-order chi connectivity index (χ0) is 8.72. The van der Waals surface area contributed by atoms with Gasteiger partial charge in [-0.05, 0) is 36.6 Å². The van der Waals surface area contributed by atoms with Crippen molar-refractivity contribution in [3.05, 3.63) is 27.7 Å². The minimum absolute atomic E-state index is 1.16. The van der Waals surface area contributed by atoms with Crippen LogP contribution in [0.5, 0.6) is 0 Å². The molecule has 1 heterocycles. The second-order valence-electron chi connectivity index (χ2n) is 3.34. The molecule has 1 aliphatic heterocycles. The van der Waals surface area contributed by atoms with Gasteiger partial charge >= 0.3 is 0 Å². The monoisotopic (exact) mass is 225 g/mol. The summed E-state index contributed by atoms with van der Waals surface area (Å²) in [6.45, 7) is 3.34. The van der Waals surface area contributed by atoms with Crippen LogP contribution in [0, 0.1) is 6.92 Å². The molecule has 0 aliphatic carbocycles. The molecule has 1 aliphatic rings. The van der Waals surface area contributed by atoms with Gasteiger partial charge in [-0.2, -0.15) is 0 Å². The Hall–Kier alpha value is -0.500. The van der Waals surface area contributed by atoms with Gasteiger partial charge in [-0.3, -0.25) is 0 Å². The molecule has 0 N–H and O–H groups in total. The molecule has 0 spiro atoms. The number of anilines is 1. The molecule has 0 fully saturated rings. The fraction of sp³-hybridized carbons (Fsp3) is 0.400.